The van der Waals surface area contributed by atoms with Gasteiger partial charge >= 0.3 is 0 Å². The lowest BCUT2D eigenvalue weighted by Gasteiger charge is -2.39. The zero-order chi connectivity index (χ0) is 18.6. The molecule has 1 aliphatic heterocycles. The summed E-state index contributed by atoms with van der Waals surface area (Å²) in [5.74, 6) is -0.933. The van der Waals surface area contributed by atoms with Crippen LogP contribution in [0.2, 0.25) is 0 Å². The van der Waals surface area contributed by atoms with Crippen LogP contribution in [0.3, 0.4) is 0 Å². The molecule has 4 nitrogen and oxygen atoms in total. The predicted molar refractivity (Wildman–Crippen MR) is 107 cm³/mol. The topological polar surface area (TPSA) is 35.6 Å². The fourth-order valence-corrected chi connectivity index (χ4v) is 4.21. The molecule has 2 aromatic carbocycles. The number of piperazine rings is 1. The number of nitrogens with one attached hydrogen (secondary N) is 1. The quantitative estimate of drug-likeness (QED) is 0.882. The summed E-state index contributed by atoms with van der Waals surface area (Å²) in [6.07, 6.45) is 5.47. The van der Waals surface area contributed by atoms with E-state index in [4.69, 9.17) is 0 Å². The highest BCUT2D eigenvalue weighted by molar-refractivity contribution is 6.04. The molecule has 1 saturated carbocycles. The highest BCUT2D eigenvalue weighted by Crippen LogP contribution is 2.26. The molecule has 0 bridgehead atoms. The lowest BCUT2D eigenvalue weighted by atomic mass is 10.1. The molecule has 1 amide bonds. The van der Waals surface area contributed by atoms with Crippen molar-refractivity contribution in [2.24, 2.45) is 0 Å². The Labute approximate surface area is 160 Å². The van der Waals surface area contributed by atoms with Gasteiger partial charge in [-0.05, 0) is 49.2 Å². The summed E-state index contributed by atoms with van der Waals surface area (Å²) in [7, 11) is 0. The SMILES string of the molecule is O=C(Nc1ccc(N2CCN(C3CCCC3)CC2)cc1)c1ccccc1F. The summed E-state index contributed by atoms with van der Waals surface area (Å²) >= 11 is 0. The molecule has 0 spiro atoms. The van der Waals surface area contributed by atoms with E-state index in [-0.39, 0.29) is 5.56 Å². The molecule has 142 valence electrons. The van der Waals surface area contributed by atoms with Crippen molar-refractivity contribution in [1.82, 2.24) is 4.90 Å². The second-order valence-electron chi connectivity index (χ2n) is 7.44. The molecule has 0 unspecified atom stereocenters. The highest BCUT2D eigenvalue weighted by Gasteiger charge is 2.26. The van der Waals surface area contributed by atoms with Gasteiger partial charge in [-0.25, -0.2) is 4.39 Å². The third-order valence-electron chi connectivity index (χ3n) is 5.76. The van der Waals surface area contributed by atoms with Crippen molar-refractivity contribution in [1.29, 1.82) is 0 Å². The molecule has 4 rings (SSSR count). The molecular weight excluding hydrogens is 341 g/mol. The van der Waals surface area contributed by atoms with E-state index in [0.29, 0.717) is 5.69 Å². The van der Waals surface area contributed by atoms with Crippen molar-refractivity contribution in [2.75, 3.05) is 36.4 Å². The van der Waals surface area contributed by atoms with Crippen LogP contribution in [-0.2, 0) is 0 Å². The first kappa shape index (κ1) is 18.0. The molecule has 1 N–H and O–H groups in total. The molecule has 1 saturated heterocycles. The average Bonchev–Trinajstić information content (AvgIpc) is 3.24. The minimum atomic E-state index is -0.508. The molecular formula is C22H26FN3O. The van der Waals surface area contributed by atoms with E-state index >= 15 is 0 Å². The minimum absolute atomic E-state index is 0.0598. The largest absolute Gasteiger partial charge is 0.369 e. The van der Waals surface area contributed by atoms with Crippen LogP contribution >= 0.6 is 0 Å². The van der Waals surface area contributed by atoms with Crippen molar-refractivity contribution >= 4 is 17.3 Å². The Morgan fingerprint density at radius 3 is 2.26 bits per heavy atom. The van der Waals surface area contributed by atoms with Gasteiger partial charge in [0.1, 0.15) is 5.82 Å². The Bertz CT molecular complexity index is 778. The van der Waals surface area contributed by atoms with Gasteiger partial charge in [-0.1, -0.05) is 25.0 Å². The van der Waals surface area contributed by atoms with E-state index in [1.807, 2.05) is 24.3 Å². The van der Waals surface area contributed by atoms with Gasteiger partial charge < -0.3 is 10.2 Å². The van der Waals surface area contributed by atoms with Crippen molar-refractivity contribution in [3.8, 4) is 0 Å². The van der Waals surface area contributed by atoms with Gasteiger partial charge in [-0.15, -0.1) is 0 Å². The van der Waals surface area contributed by atoms with Crippen LogP contribution in [0.15, 0.2) is 48.5 Å². The second kappa shape index (κ2) is 8.09. The maximum Gasteiger partial charge on any atom is 0.258 e. The van der Waals surface area contributed by atoms with E-state index in [0.717, 1.165) is 32.2 Å². The first-order valence-electron chi connectivity index (χ1n) is 9.86. The van der Waals surface area contributed by atoms with Crippen LogP contribution in [0, 0.1) is 5.82 Å². The van der Waals surface area contributed by atoms with E-state index in [2.05, 4.69) is 15.1 Å². The van der Waals surface area contributed by atoms with Gasteiger partial charge in [0.2, 0.25) is 0 Å². The lowest BCUT2D eigenvalue weighted by Crippen LogP contribution is -2.49. The third-order valence-corrected chi connectivity index (χ3v) is 5.76. The summed E-state index contributed by atoms with van der Waals surface area (Å²) in [4.78, 5) is 17.3. The third kappa shape index (κ3) is 4.14. The highest BCUT2D eigenvalue weighted by atomic mass is 19.1. The molecule has 0 radical (unpaired) electrons. The molecule has 1 heterocycles. The van der Waals surface area contributed by atoms with E-state index in [9.17, 15) is 9.18 Å². The molecule has 1 aliphatic carbocycles. The van der Waals surface area contributed by atoms with Gasteiger partial charge in [-0.2, -0.15) is 0 Å². The van der Waals surface area contributed by atoms with Crippen LogP contribution in [0.5, 0.6) is 0 Å². The fraction of sp³-hybridized carbons (Fsp3) is 0.409. The molecule has 2 fully saturated rings. The number of carbonyl (C=O) groups excluding carboxylic acids is 1. The Morgan fingerprint density at radius 1 is 0.926 bits per heavy atom. The summed E-state index contributed by atoms with van der Waals surface area (Å²) < 4.78 is 13.7. The van der Waals surface area contributed by atoms with E-state index < -0.39 is 11.7 Å². The average molecular weight is 367 g/mol. The van der Waals surface area contributed by atoms with Crippen molar-refractivity contribution in [2.45, 2.75) is 31.7 Å². The Balaban J connectivity index is 1.34. The van der Waals surface area contributed by atoms with Gasteiger partial charge in [0.15, 0.2) is 0 Å². The van der Waals surface area contributed by atoms with Gasteiger partial charge in [0, 0.05) is 43.6 Å². The first-order chi connectivity index (χ1) is 13.2. The van der Waals surface area contributed by atoms with Crippen LogP contribution in [-0.4, -0.2) is 43.0 Å². The van der Waals surface area contributed by atoms with E-state index in [1.54, 1.807) is 12.1 Å². The summed E-state index contributed by atoms with van der Waals surface area (Å²) in [5.41, 5.74) is 1.91. The minimum Gasteiger partial charge on any atom is -0.369 e. The number of nitrogens with zero attached hydrogens (tertiary/aromatic N) is 2. The molecule has 2 aromatic rings. The maximum atomic E-state index is 13.7. The van der Waals surface area contributed by atoms with Crippen molar-refractivity contribution in [3.05, 3.63) is 59.9 Å². The Morgan fingerprint density at radius 2 is 1.59 bits per heavy atom. The lowest BCUT2D eigenvalue weighted by molar-refractivity contribution is 0.102. The number of hydrogen-bond acceptors (Lipinski definition) is 3. The molecule has 27 heavy (non-hydrogen) atoms. The zero-order valence-corrected chi connectivity index (χ0v) is 15.5. The maximum absolute atomic E-state index is 13.7. The smallest absolute Gasteiger partial charge is 0.258 e. The van der Waals surface area contributed by atoms with Crippen molar-refractivity contribution < 1.29 is 9.18 Å². The Hall–Kier alpha value is -2.40. The van der Waals surface area contributed by atoms with Gasteiger partial charge in [0.25, 0.3) is 5.91 Å². The molecule has 0 atom stereocenters. The standard InChI is InChI=1S/C22H26FN3O/c23-21-8-4-3-7-20(21)22(27)24-17-9-11-19(12-10-17)26-15-13-25(14-16-26)18-5-1-2-6-18/h3-4,7-12,18H,1-2,5-6,13-16H2,(H,24,27). The zero-order valence-electron chi connectivity index (χ0n) is 15.5. The van der Waals surface area contributed by atoms with Gasteiger partial charge in [-0.3, -0.25) is 9.69 Å². The fourth-order valence-electron chi connectivity index (χ4n) is 4.21. The number of halogens is 1. The molecule has 0 aromatic heterocycles. The normalized spacial score (nSPS) is 18.6. The summed E-state index contributed by atoms with van der Waals surface area (Å²) in [6.45, 7) is 4.32. The first-order valence-corrected chi connectivity index (χ1v) is 9.86. The van der Waals surface area contributed by atoms with Crippen LogP contribution in [0.1, 0.15) is 36.0 Å². The van der Waals surface area contributed by atoms with Crippen LogP contribution in [0.4, 0.5) is 15.8 Å². The summed E-state index contributed by atoms with van der Waals surface area (Å²) in [5, 5.41) is 2.77. The number of carbonyl (C=O) groups is 1. The Kier molecular flexibility index (Phi) is 5.39. The van der Waals surface area contributed by atoms with Gasteiger partial charge in [0.05, 0.1) is 5.56 Å². The number of rotatable bonds is 4. The van der Waals surface area contributed by atoms with Crippen LogP contribution in [0.25, 0.3) is 0 Å². The number of hydrogen-bond donors (Lipinski definition) is 1. The van der Waals surface area contributed by atoms with Crippen molar-refractivity contribution in [3.63, 3.8) is 0 Å². The van der Waals surface area contributed by atoms with Crippen LogP contribution < -0.4 is 10.2 Å². The second-order valence-corrected chi connectivity index (χ2v) is 7.44. The number of amides is 1. The van der Waals surface area contributed by atoms with E-state index in [1.165, 1.54) is 43.5 Å². The number of benzene rings is 2. The molecule has 5 heteroatoms. The molecule has 2 aliphatic rings. The monoisotopic (exact) mass is 367 g/mol. The predicted octanol–water partition coefficient (Wildman–Crippen LogP) is 4.14. The summed E-state index contributed by atoms with van der Waals surface area (Å²) in [6, 6.07) is 14.6. The number of anilines is 2.